The van der Waals surface area contributed by atoms with Crippen LogP contribution in [-0.4, -0.2) is 47.4 Å². The number of piperidine rings is 1. The molecule has 18 heavy (non-hydrogen) atoms. The van der Waals surface area contributed by atoms with Crippen molar-refractivity contribution in [2.75, 3.05) is 13.7 Å². The summed E-state index contributed by atoms with van der Waals surface area (Å²) in [5.41, 5.74) is 0.0877. The predicted molar refractivity (Wildman–Crippen MR) is 71.5 cm³/mol. The summed E-state index contributed by atoms with van der Waals surface area (Å²) in [4.78, 5) is 2.59. The summed E-state index contributed by atoms with van der Waals surface area (Å²) in [6.07, 6.45) is 8.86. The highest BCUT2D eigenvalue weighted by Crippen LogP contribution is 2.50. The molecule has 0 radical (unpaired) electrons. The normalized spacial score (nSPS) is 49.5. The molecule has 1 aliphatic carbocycles. The van der Waals surface area contributed by atoms with E-state index in [1.165, 1.54) is 25.7 Å². The van der Waals surface area contributed by atoms with E-state index in [4.69, 9.17) is 4.74 Å². The van der Waals surface area contributed by atoms with Crippen LogP contribution in [-0.2, 0) is 4.74 Å². The topological polar surface area (TPSA) is 32.7 Å². The zero-order valence-corrected chi connectivity index (χ0v) is 11.8. The Balaban J connectivity index is 1.84. The summed E-state index contributed by atoms with van der Waals surface area (Å²) in [6.45, 7) is 2.53. The van der Waals surface area contributed by atoms with Crippen molar-refractivity contribution in [2.24, 2.45) is 5.92 Å². The second-order valence-corrected chi connectivity index (χ2v) is 6.70. The first-order chi connectivity index (χ1) is 8.66. The molecule has 104 valence electrons. The molecule has 1 N–H and O–H groups in total. The van der Waals surface area contributed by atoms with Crippen LogP contribution in [0.3, 0.4) is 0 Å². The number of hydrogen-bond donors (Lipinski definition) is 1. The lowest BCUT2D eigenvalue weighted by Crippen LogP contribution is -2.60. The van der Waals surface area contributed by atoms with E-state index in [0.717, 1.165) is 19.3 Å². The molecule has 1 saturated carbocycles. The predicted octanol–water partition coefficient (Wildman–Crippen LogP) is 2.18. The molecule has 2 aliphatic heterocycles. The number of aliphatic hydroxyl groups is 1. The van der Waals surface area contributed by atoms with Gasteiger partial charge in [0.1, 0.15) is 0 Å². The lowest BCUT2D eigenvalue weighted by molar-refractivity contribution is -0.160. The Bertz CT molecular complexity index is 309. The van der Waals surface area contributed by atoms with Crippen molar-refractivity contribution in [3.05, 3.63) is 0 Å². The SMILES string of the molecule is CC1CC2(CCC(CO)O2)C2CCCCC2N1C. The van der Waals surface area contributed by atoms with E-state index in [1.807, 2.05) is 0 Å². The first kappa shape index (κ1) is 12.9. The Hall–Kier alpha value is -0.120. The van der Waals surface area contributed by atoms with Gasteiger partial charge in [-0.15, -0.1) is 0 Å². The summed E-state index contributed by atoms with van der Waals surface area (Å²) >= 11 is 0. The van der Waals surface area contributed by atoms with Gasteiger partial charge in [-0.1, -0.05) is 12.8 Å². The zero-order chi connectivity index (χ0) is 12.8. The standard InChI is InChI=1S/C15H27NO2/c1-11-9-15(8-7-12(10-17)18-15)13-5-3-4-6-14(13)16(11)2/h11-14,17H,3-10H2,1-2H3. The van der Waals surface area contributed by atoms with Gasteiger partial charge in [0.05, 0.1) is 18.3 Å². The molecule has 2 heterocycles. The molecule has 3 fully saturated rings. The van der Waals surface area contributed by atoms with Crippen LogP contribution >= 0.6 is 0 Å². The zero-order valence-electron chi connectivity index (χ0n) is 11.8. The fourth-order valence-electron chi connectivity index (χ4n) is 4.74. The minimum atomic E-state index is 0.0877. The van der Waals surface area contributed by atoms with Crippen molar-refractivity contribution in [3.8, 4) is 0 Å². The lowest BCUT2D eigenvalue weighted by Gasteiger charge is -2.55. The molecule has 5 atom stereocenters. The Labute approximate surface area is 110 Å². The van der Waals surface area contributed by atoms with Crippen LogP contribution < -0.4 is 0 Å². The largest absolute Gasteiger partial charge is 0.394 e. The van der Waals surface area contributed by atoms with Gasteiger partial charge in [-0.3, -0.25) is 0 Å². The second kappa shape index (κ2) is 4.77. The molecule has 2 saturated heterocycles. The van der Waals surface area contributed by atoms with E-state index in [0.29, 0.717) is 18.0 Å². The molecule has 0 aromatic heterocycles. The van der Waals surface area contributed by atoms with Crippen molar-refractivity contribution in [1.82, 2.24) is 4.90 Å². The molecular formula is C15H27NO2. The molecule has 5 unspecified atom stereocenters. The average Bonchev–Trinajstić information content (AvgIpc) is 2.81. The summed E-state index contributed by atoms with van der Waals surface area (Å²) < 4.78 is 6.35. The Kier molecular flexibility index (Phi) is 3.41. The lowest BCUT2D eigenvalue weighted by atomic mass is 9.66. The van der Waals surface area contributed by atoms with Crippen molar-refractivity contribution >= 4 is 0 Å². The van der Waals surface area contributed by atoms with Gasteiger partial charge in [0, 0.05) is 18.0 Å². The van der Waals surface area contributed by atoms with E-state index in [9.17, 15) is 5.11 Å². The minimum Gasteiger partial charge on any atom is -0.394 e. The van der Waals surface area contributed by atoms with E-state index >= 15 is 0 Å². The number of hydrogen-bond acceptors (Lipinski definition) is 3. The van der Waals surface area contributed by atoms with Gasteiger partial charge in [0.2, 0.25) is 0 Å². The molecule has 0 amide bonds. The van der Waals surface area contributed by atoms with Crippen LogP contribution in [0.15, 0.2) is 0 Å². The van der Waals surface area contributed by atoms with Crippen LogP contribution in [0.5, 0.6) is 0 Å². The number of ether oxygens (including phenoxy) is 1. The smallest absolute Gasteiger partial charge is 0.0814 e. The maximum Gasteiger partial charge on any atom is 0.0814 e. The summed E-state index contributed by atoms with van der Waals surface area (Å²) in [7, 11) is 2.29. The van der Waals surface area contributed by atoms with Crippen molar-refractivity contribution < 1.29 is 9.84 Å². The third-order valence-electron chi connectivity index (χ3n) is 5.76. The van der Waals surface area contributed by atoms with Gasteiger partial charge < -0.3 is 14.7 Å². The van der Waals surface area contributed by atoms with Gasteiger partial charge in [0.15, 0.2) is 0 Å². The quantitative estimate of drug-likeness (QED) is 0.777. The molecule has 3 rings (SSSR count). The van der Waals surface area contributed by atoms with Crippen molar-refractivity contribution in [1.29, 1.82) is 0 Å². The van der Waals surface area contributed by atoms with Gasteiger partial charge in [0.25, 0.3) is 0 Å². The van der Waals surface area contributed by atoms with E-state index in [1.54, 1.807) is 0 Å². The highest BCUT2D eigenvalue weighted by Gasteiger charge is 2.54. The summed E-state index contributed by atoms with van der Waals surface area (Å²) in [6, 6.07) is 1.32. The van der Waals surface area contributed by atoms with E-state index in [-0.39, 0.29) is 18.3 Å². The van der Waals surface area contributed by atoms with E-state index < -0.39 is 0 Å². The number of aliphatic hydroxyl groups excluding tert-OH is 1. The Morgan fingerprint density at radius 1 is 1.28 bits per heavy atom. The van der Waals surface area contributed by atoms with Crippen LogP contribution in [0.2, 0.25) is 0 Å². The molecule has 1 spiro atoms. The molecule has 3 heteroatoms. The summed E-state index contributed by atoms with van der Waals surface area (Å²) in [5, 5.41) is 9.36. The van der Waals surface area contributed by atoms with Gasteiger partial charge in [-0.05, 0) is 46.1 Å². The van der Waals surface area contributed by atoms with Gasteiger partial charge in [-0.25, -0.2) is 0 Å². The molecule has 3 aliphatic rings. The number of fused-ring (bicyclic) bond motifs is 2. The Morgan fingerprint density at radius 2 is 2.06 bits per heavy atom. The van der Waals surface area contributed by atoms with Gasteiger partial charge >= 0.3 is 0 Å². The molecule has 0 aromatic rings. The van der Waals surface area contributed by atoms with Crippen molar-refractivity contribution in [2.45, 2.75) is 75.7 Å². The van der Waals surface area contributed by atoms with Crippen LogP contribution in [0, 0.1) is 5.92 Å². The first-order valence-electron chi connectivity index (χ1n) is 7.67. The monoisotopic (exact) mass is 253 g/mol. The molecule has 0 aromatic carbocycles. The average molecular weight is 253 g/mol. The van der Waals surface area contributed by atoms with Crippen LogP contribution in [0.4, 0.5) is 0 Å². The van der Waals surface area contributed by atoms with E-state index in [2.05, 4.69) is 18.9 Å². The maximum atomic E-state index is 9.36. The third kappa shape index (κ3) is 1.91. The first-order valence-corrected chi connectivity index (χ1v) is 7.67. The highest BCUT2D eigenvalue weighted by molar-refractivity contribution is 5.06. The highest BCUT2D eigenvalue weighted by atomic mass is 16.5. The fourth-order valence-corrected chi connectivity index (χ4v) is 4.74. The Morgan fingerprint density at radius 3 is 2.78 bits per heavy atom. The number of likely N-dealkylation sites (tertiary alicyclic amines) is 1. The minimum absolute atomic E-state index is 0.0877. The fraction of sp³-hybridized carbons (Fsp3) is 1.00. The second-order valence-electron chi connectivity index (χ2n) is 6.70. The van der Waals surface area contributed by atoms with Crippen LogP contribution in [0.25, 0.3) is 0 Å². The van der Waals surface area contributed by atoms with Crippen LogP contribution in [0.1, 0.15) is 51.9 Å². The summed E-state index contributed by atoms with van der Waals surface area (Å²) in [5.74, 6) is 0.698. The third-order valence-corrected chi connectivity index (χ3v) is 5.76. The maximum absolute atomic E-state index is 9.36. The molecule has 3 nitrogen and oxygen atoms in total. The molecule has 0 bridgehead atoms. The number of rotatable bonds is 1. The van der Waals surface area contributed by atoms with Crippen molar-refractivity contribution in [3.63, 3.8) is 0 Å². The van der Waals surface area contributed by atoms with Gasteiger partial charge in [-0.2, -0.15) is 0 Å². The molecular weight excluding hydrogens is 226 g/mol. The number of nitrogens with zero attached hydrogens (tertiary/aromatic N) is 1.